The molecule has 15 heavy (non-hydrogen) atoms. The molecule has 0 aromatic carbocycles. The number of aromatic nitrogens is 2. The Balaban J connectivity index is 2.85. The van der Waals surface area contributed by atoms with Gasteiger partial charge in [0.2, 0.25) is 0 Å². The van der Waals surface area contributed by atoms with Crippen molar-refractivity contribution < 1.29 is 4.74 Å². The van der Waals surface area contributed by atoms with Crippen LogP contribution in [-0.4, -0.2) is 16.6 Å². The SMILES string of the molecule is CCCC(OCC)c1ncc(Br)c(Cl)n1. The van der Waals surface area contributed by atoms with Crippen LogP contribution in [0.3, 0.4) is 0 Å². The van der Waals surface area contributed by atoms with Crippen LogP contribution in [0.25, 0.3) is 0 Å². The Morgan fingerprint density at radius 1 is 1.53 bits per heavy atom. The zero-order chi connectivity index (χ0) is 11.3. The summed E-state index contributed by atoms with van der Waals surface area (Å²) in [4.78, 5) is 8.40. The number of nitrogens with zero attached hydrogens (tertiary/aromatic N) is 2. The van der Waals surface area contributed by atoms with Gasteiger partial charge in [0.1, 0.15) is 11.3 Å². The average Bonchev–Trinajstić information content (AvgIpc) is 2.22. The van der Waals surface area contributed by atoms with E-state index < -0.39 is 0 Å². The summed E-state index contributed by atoms with van der Waals surface area (Å²) in [5.41, 5.74) is 0. The van der Waals surface area contributed by atoms with Crippen LogP contribution in [-0.2, 0) is 4.74 Å². The van der Waals surface area contributed by atoms with E-state index in [4.69, 9.17) is 16.3 Å². The number of hydrogen-bond acceptors (Lipinski definition) is 3. The van der Waals surface area contributed by atoms with Gasteiger partial charge >= 0.3 is 0 Å². The molecule has 0 radical (unpaired) electrons. The molecule has 5 heteroatoms. The summed E-state index contributed by atoms with van der Waals surface area (Å²) in [5, 5.41) is 0.431. The fourth-order valence-corrected chi connectivity index (χ4v) is 1.59. The highest BCUT2D eigenvalue weighted by atomic mass is 79.9. The molecule has 1 aromatic heterocycles. The summed E-state index contributed by atoms with van der Waals surface area (Å²) in [6.07, 6.45) is 3.55. The van der Waals surface area contributed by atoms with Crippen molar-refractivity contribution in [1.29, 1.82) is 0 Å². The van der Waals surface area contributed by atoms with E-state index in [1.165, 1.54) is 0 Å². The van der Waals surface area contributed by atoms with Crippen LogP contribution in [0, 0.1) is 0 Å². The highest BCUT2D eigenvalue weighted by molar-refractivity contribution is 9.10. The van der Waals surface area contributed by atoms with Gasteiger partial charge in [-0.1, -0.05) is 24.9 Å². The summed E-state index contributed by atoms with van der Waals surface area (Å²) in [6, 6.07) is 0. The van der Waals surface area contributed by atoms with Crippen LogP contribution in [0.1, 0.15) is 38.6 Å². The fourth-order valence-electron chi connectivity index (χ4n) is 1.26. The van der Waals surface area contributed by atoms with E-state index in [9.17, 15) is 0 Å². The van der Waals surface area contributed by atoms with Gasteiger partial charge in [0.15, 0.2) is 5.82 Å². The fraction of sp³-hybridized carbons (Fsp3) is 0.600. The summed E-state index contributed by atoms with van der Waals surface area (Å²) in [7, 11) is 0. The van der Waals surface area contributed by atoms with Crippen molar-refractivity contribution in [2.75, 3.05) is 6.61 Å². The van der Waals surface area contributed by atoms with E-state index in [-0.39, 0.29) is 6.10 Å². The van der Waals surface area contributed by atoms with Crippen LogP contribution in [0.2, 0.25) is 5.15 Å². The molecule has 0 spiro atoms. The first kappa shape index (κ1) is 12.9. The lowest BCUT2D eigenvalue weighted by Gasteiger charge is -2.14. The highest BCUT2D eigenvalue weighted by Crippen LogP contribution is 2.24. The molecular formula is C10H14BrClN2O. The Labute approximate surface area is 103 Å². The lowest BCUT2D eigenvalue weighted by atomic mass is 10.2. The molecule has 0 N–H and O–H groups in total. The predicted octanol–water partition coefficient (Wildman–Crippen LogP) is 3.77. The van der Waals surface area contributed by atoms with E-state index in [0.29, 0.717) is 22.1 Å². The third kappa shape index (κ3) is 3.70. The quantitative estimate of drug-likeness (QED) is 0.775. The van der Waals surface area contributed by atoms with Gasteiger partial charge in [0, 0.05) is 12.8 Å². The smallest absolute Gasteiger partial charge is 0.158 e. The summed E-state index contributed by atoms with van der Waals surface area (Å²) < 4.78 is 6.27. The Kier molecular flexibility index (Phi) is 5.50. The van der Waals surface area contributed by atoms with E-state index in [2.05, 4.69) is 32.8 Å². The summed E-state index contributed by atoms with van der Waals surface area (Å²) in [6.45, 7) is 4.72. The second kappa shape index (κ2) is 6.40. The molecule has 0 bridgehead atoms. The Hall–Kier alpha value is -0.190. The molecule has 0 aliphatic rings. The third-order valence-electron chi connectivity index (χ3n) is 1.93. The van der Waals surface area contributed by atoms with E-state index >= 15 is 0 Å². The van der Waals surface area contributed by atoms with E-state index in [0.717, 1.165) is 12.8 Å². The zero-order valence-electron chi connectivity index (χ0n) is 8.83. The highest BCUT2D eigenvalue weighted by Gasteiger charge is 2.14. The van der Waals surface area contributed by atoms with Gasteiger partial charge in [-0.2, -0.15) is 0 Å². The molecule has 3 nitrogen and oxygen atoms in total. The van der Waals surface area contributed by atoms with E-state index in [1.807, 2.05) is 6.92 Å². The molecule has 1 atom stereocenters. The van der Waals surface area contributed by atoms with Crippen molar-refractivity contribution in [3.63, 3.8) is 0 Å². The van der Waals surface area contributed by atoms with Crippen LogP contribution >= 0.6 is 27.5 Å². The van der Waals surface area contributed by atoms with Crippen LogP contribution in [0.15, 0.2) is 10.7 Å². The minimum Gasteiger partial charge on any atom is -0.371 e. The second-order valence-electron chi connectivity index (χ2n) is 3.10. The normalized spacial score (nSPS) is 12.8. The molecule has 0 saturated carbocycles. The van der Waals surface area contributed by atoms with Crippen molar-refractivity contribution in [3.05, 3.63) is 21.6 Å². The Bertz CT molecular complexity index is 316. The van der Waals surface area contributed by atoms with Gasteiger partial charge in [0.25, 0.3) is 0 Å². The van der Waals surface area contributed by atoms with Crippen LogP contribution in [0.4, 0.5) is 0 Å². The summed E-state index contributed by atoms with van der Waals surface area (Å²) in [5.74, 6) is 0.659. The molecule has 0 fully saturated rings. The number of halogens is 2. The first-order valence-electron chi connectivity index (χ1n) is 4.98. The maximum atomic E-state index is 5.90. The van der Waals surface area contributed by atoms with E-state index in [1.54, 1.807) is 6.20 Å². The van der Waals surface area contributed by atoms with Crippen LogP contribution in [0.5, 0.6) is 0 Å². The van der Waals surface area contributed by atoms with Crippen molar-refractivity contribution in [2.24, 2.45) is 0 Å². The molecule has 1 rings (SSSR count). The van der Waals surface area contributed by atoms with Crippen molar-refractivity contribution in [2.45, 2.75) is 32.8 Å². The van der Waals surface area contributed by atoms with Gasteiger partial charge in [-0.3, -0.25) is 0 Å². The standard InChI is InChI=1S/C10H14BrClN2O/c1-3-5-8(15-4-2)10-13-6-7(11)9(12)14-10/h6,8H,3-5H2,1-2H3. The molecule has 1 aromatic rings. The maximum Gasteiger partial charge on any atom is 0.158 e. The second-order valence-corrected chi connectivity index (χ2v) is 4.31. The molecule has 84 valence electrons. The molecule has 0 saturated heterocycles. The maximum absolute atomic E-state index is 5.90. The number of ether oxygens (including phenoxy) is 1. The monoisotopic (exact) mass is 292 g/mol. The molecule has 0 amide bonds. The Morgan fingerprint density at radius 2 is 2.27 bits per heavy atom. The lowest BCUT2D eigenvalue weighted by Crippen LogP contribution is -2.08. The van der Waals surface area contributed by atoms with Gasteiger partial charge < -0.3 is 4.74 Å². The average molecular weight is 294 g/mol. The Morgan fingerprint density at radius 3 is 2.80 bits per heavy atom. The zero-order valence-corrected chi connectivity index (χ0v) is 11.2. The van der Waals surface area contributed by atoms with Crippen molar-refractivity contribution in [1.82, 2.24) is 9.97 Å². The van der Waals surface area contributed by atoms with Gasteiger partial charge in [-0.25, -0.2) is 9.97 Å². The number of hydrogen-bond donors (Lipinski definition) is 0. The number of rotatable bonds is 5. The molecular weight excluding hydrogens is 279 g/mol. The van der Waals surface area contributed by atoms with Crippen molar-refractivity contribution >= 4 is 27.5 Å². The molecule has 0 aliphatic carbocycles. The minimum atomic E-state index is -0.0504. The summed E-state index contributed by atoms with van der Waals surface area (Å²) >= 11 is 9.16. The first-order valence-corrected chi connectivity index (χ1v) is 6.15. The van der Waals surface area contributed by atoms with Gasteiger partial charge in [-0.15, -0.1) is 0 Å². The molecule has 0 aliphatic heterocycles. The minimum absolute atomic E-state index is 0.0504. The molecule has 1 unspecified atom stereocenters. The third-order valence-corrected chi connectivity index (χ3v) is 3.02. The topological polar surface area (TPSA) is 35.0 Å². The largest absolute Gasteiger partial charge is 0.371 e. The van der Waals surface area contributed by atoms with Crippen LogP contribution < -0.4 is 0 Å². The van der Waals surface area contributed by atoms with Gasteiger partial charge in [0.05, 0.1) is 4.47 Å². The van der Waals surface area contributed by atoms with Crippen molar-refractivity contribution in [3.8, 4) is 0 Å². The predicted molar refractivity (Wildman–Crippen MR) is 64.0 cm³/mol. The van der Waals surface area contributed by atoms with Gasteiger partial charge in [-0.05, 0) is 29.3 Å². The first-order chi connectivity index (χ1) is 7.19. The molecule has 1 heterocycles. The lowest BCUT2D eigenvalue weighted by molar-refractivity contribution is 0.0493.